The fourth-order valence-corrected chi connectivity index (χ4v) is 3.21. The standard InChI is InChI=1S/C19H18FN3O2S/c1-13-21-19(25-23-13)18(15-5-3-2-4-6-15)22-17(24)12-26-11-14-7-9-16(20)10-8-14/h2-10,18H,11-12H2,1H3,(H,22,24). The zero-order valence-corrected chi connectivity index (χ0v) is 15.0. The zero-order chi connectivity index (χ0) is 18.4. The lowest BCUT2D eigenvalue weighted by molar-refractivity contribution is -0.119. The molecule has 0 aliphatic carbocycles. The average molecular weight is 371 g/mol. The molecule has 0 radical (unpaired) electrons. The molecule has 0 spiro atoms. The first-order chi connectivity index (χ1) is 12.6. The molecule has 134 valence electrons. The van der Waals surface area contributed by atoms with Gasteiger partial charge in [0.05, 0.1) is 5.75 Å². The van der Waals surface area contributed by atoms with Crippen LogP contribution in [0.3, 0.4) is 0 Å². The molecule has 1 heterocycles. The molecule has 3 rings (SSSR count). The largest absolute Gasteiger partial charge is 0.340 e. The summed E-state index contributed by atoms with van der Waals surface area (Å²) in [5, 5.41) is 6.75. The van der Waals surface area contributed by atoms with Crippen LogP contribution in [0.25, 0.3) is 0 Å². The fraction of sp³-hybridized carbons (Fsp3) is 0.211. The number of benzene rings is 2. The third-order valence-corrected chi connectivity index (χ3v) is 4.65. The Morgan fingerprint density at radius 2 is 1.92 bits per heavy atom. The molecule has 0 bridgehead atoms. The molecule has 5 nitrogen and oxygen atoms in total. The Morgan fingerprint density at radius 3 is 2.58 bits per heavy atom. The highest BCUT2D eigenvalue weighted by Crippen LogP contribution is 2.21. The second-order valence-corrected chi connectivity index (χ2v) is 6.70. The van der Waals surface area contributed by atoms with Crippen LogP contribution in [0.4, 0.5) is 4.39 Å². The Balaban J connectivity index is 1.61. The normalized spacial score (nSPS) is 11.9. The molecule has 0 saturated carbocycles. The van der Waals surface area contributed by atoms with Crippen LogP contribution in [0.1, 0.15) is 28.9 Å². The van der Waals surface area contributed by atoms with Crippen LogP contribution in [-0.4, -0.2) is 21.8 Å². The molecule has 0 saturated heterocycles. The number of aromatic nitrogens is 2. The Hall–Kier alpha value is -2.67. The summed E-state index contributed by atoms with van der Waals surface area (Å²) in [5.74, 6) is 1.36. The number of hydrogen-bond acceptors (Lipinski definition) is 5. The van der Waals surface area contributed by atoms with Crippen LogP contribution >= 0.6 is 11.8 Å². The highest BCUT2D eigenvalue weighted by molar-refractivity contribution is 7.99. The second kappa shape index (κ2) is 8.62. The van der Waals surface area contributed by atoms with Gasteiger partial charge in [-0.3, -0.25) is 4.79 Å². The lowest BCUT2D eigenvalue weighted by Gasteiger charge is -2.15. The Bertz CT molecular complexity index is 853. The van der Waals surface area contributed by atoms with Gasteiger partial charge in [0.1, 0.15) is 11.9 Å². The van der Waals surface area contributed by atoms with Gasteiger partial charge in [-0.05, 0) is 30.2 Å². The SMILES string of the molecule is Cc1noc(C(NC(=O)CSCc2ccc(F)cc2)c2ccccc2)n1. The lowest BCUT2D eigenvalue weighted by atomic mass is 10.1. The average Bonchev–Trinajstić information content (AvgIpc) is 3.08. The third-order valence-electron chi connectivity index (χ3n) is 3.64. The van der Waals surface area contributed by atoms with E-state index >= 15 is 0 Å². The molecular weight excluding hydrogens is 353 g/mol. The maximum atomic E-state index is 12.9. The van der Waals surface area contributed by atoms with Gasteiger partial charge >= 0.3 is 0 Å². The number of thioether (sulfide) groups is 1. The Labute approximate surface area is 155 Å². The van der Waals surface area contributed by atoms with Crippen molar-refractivity contribution in [2.45, 2.75) is 18.7 Å². The molecule has 1 unspecified atom stereocenters. The Morgan fingerprint density at radius 1 is 1.19 bits per heavy atom. The first kappa shape index (κ1) is 18.1. The summed E-state index contributed by atoms with van der Waals surface area (Å²) in [6.07, 6.45) is 0. The van der Waals surface area contributed by atoms with Gasteiger partial charge in [-0.15, -0.1) is 11.8 Å². The van der Waals surface area contributed by atoms with Crippen molar-refractivity contribution in [2.24, 2.45) is 0 Å². The number of carbonyl (C=O) groups is 1. The number of amides is 1. The fourth-order valence-electron chi connectivity index (χ4n) is 2.41. The van der Waals surface area contributed by atoms with E-state index in [1.807, 2.05) is 30.3 Å². The highest BCUT2D eigenvalue weighted by Gasteiger charge is 2.22. The summed E-state index contributed by atoms with van der Waals surface area (Å²) < 4.78 is 18.2. The van der Waals surface area contributed by atoms with Gasteiger partial charge in [-0.1, -0.05) is 47.6 Å². The van der Waals surface area contributed by atoms with Crippen molar-refractivity contribution < 1.29 is 13.7 Å². The third kappa shape index (κ3) is 4.92. The van der Waals surface area contributed by atoms with E-state index in [4.69, 9.17) is 4.52 Å². The van der Waals surface area contributed by atoms with Gasteiger partial charge < -0.3 is 9.84 Å². The van der Waals surface area contributed by atoms with Crippen molar-refractivity contribution in [1.29, 1.82) is 0 Å². The lowest BCUT2D eigenvalue weighted by Crippen LogP contribution is -2.31. The van der Waals surface area contributed by atoms with Crippen LogP contribution in [0.5, 0.6) is 0 Å². The van der Waals surface area contributed by atoms with Crippen LogP contribution in [0.15, 0.2) is 59.1 Å². The molecule has 1 amide bonds. The summed E-state index contributed by atoms with van der Waals surface area (Å²) in [5.41, 5.74) is 1.84. The predicted octanol–water partition coefficient (Wildman–Crippen LogP) is 3.66. The van der Waals surface area contributed by atoms with Crippen molar-refractivity contribution in [3.8, 4) is 0 Å². The van der Waals surface area contributed by atoms with Crippen LogP contribution in [0.2, 0.25) is 0 Å². The summed E-state index contributed by atoms with van der Waals surface area (Å²) in [6.45, 7) is 1.73. The van der Waals surface area contributed by atoms with E-state index in [2.05, 4.69) is 15.5 Å². The van der Waals surface area contributed by atoms with Crippen molar-refractivity contribution in [3.63, 3.8) is 0 Å². The van der Waals surface area contributed by atoms with Gasteiger partial charge in [0.2, 0.25) is 5.91 Å². The first-order valence-corrected chi connectivity index (χ1v) is 9.24. The quantitative estimate of drug-likeness (QED) is 0.686. The van der Waals surface area contributed by atoms with Gasteiger partial charge in [0, 0.05) is 5.75 Å². The van der Waals surface area contributed by atoms with Gasteiger partial charge in [-0.25, -0.2) is 4.39 Å². The molecule has 2 aromatic carbocycles. The minimum absolute atomic E-state index is 0.137. The number of nitrogens with zero attached hydrogens (tertiary/aromatic N) is 2. The van der Waals surface area contributed by atoms with E-state index in [0.717, 1.165) is 11.1 Å². The minimum Gasteiger partial charge on any atom is -0.340 e. The molecular formula is C19H18FN3O2S. The second-order valence-electron chi connectivity index (χ2n) is 5.71. The number of halogens is 1. The van der Waals surface area contributed by atoms with Crippen molar-refractivity contribution in [2.75, 3.05) is 5.75 Å². The molecule has 0 aliphatic rings. The van der Waals surface area contributed by atoms with E-state index in [1.165, 1.54) is 23.9 Å². The van der Waals surface area contributed by atoms with E-state index in [1.54, 1.807) is 19.1 Å². The molecule has 0 fully saturated rings. The monoisotopic (exact) mass is 371 g/mol. The zero-order valence-electron chi connectivity index (χ0n) is 14.2. The molecule has 26 heavy (non-hydrogen) atoms. The maximum Gasteiger partial charge on any atom is 0.253 e. The highest BCUT2D eigenvalue weighted by atomic mass is 32.2. The Kier molecular flexibility index (Phi) is 6.01. The van der Waals surface area contributed by atoms with E-state index < -0.39 is 6.04 Å². The number of carbonyl (C=O) groups excluding carboxylic acids is 1. The summed E-state index contributed by atoms with van der Waals surface area (Å²) >= 11 is 1.46. The number of nitrogens with one attached hydrogen (secondary N) is 1. The number of aryl methyl sites for hydroxylation is 1. The molecule has 0 aliphatic heterocycles. The maximum absolute atomic E-state index is 12.9. The van der Waals surface area contributed by atoms with Gasteiger partial charge in [-0.2, -0.15) is 4.98 Å². The molecule has 7 heteroatoms. The van der Waals surface area contributed by atoms with E-state index in [9.17, 15) is 9.18 Å². The number of hydrogen-bond donors (Lipinski definition) is 1. The smallest absolute Gasteiger partial charge is 0.253 e. The van der Waals surface area contributed by atoms with Crippen molar-refractivity contribution in [3.05, 3.63) is 83.3 Å². The van der Waals surface area contributed by atoms with Crippen LogP contribution in [0, 0.1) is 12.7 Å². The topological polar surface area (TPSA) is 68.0 Å². The number of rotatable bonds is 7. The minimum atomic E-state index is -0.490. The summed E-state index contributed by atoms with van der Waals surface area (Å²) in [4.78, 5) is 16.6. The van der Waals surface area contributed by atoms with Crippen molar-refractivity contribution in [1.82, 2.24) is 15.5 Å². The van der Waals surface area contributed by atoms with E-state index in [0.29, 0.717) is 17.5 Å². The van der Waals surface area contributed by atoms with Gasteiger partial charge in [0.15, 0.2) is 5.82 Å². The molecule has 3 aromatic rings. The molecule has 1 aromatic heterocycles. The molecule has 1 N–H and O–H groups in total. The first-order valence-electron chi connectivity index (χ1n) is 8.08. The molecule has 1 atom stereocenters. The summed E-state index contributed by atoms with van der Waals surface area (Å²) in [6, 6.07) is 15.3. The van der Waals surface area contributed by atoms with E-state index in [-0.39, 0.29) is 17.5 Å². The van der Waals surface area contributed by atoms with Crippen LogP contribution < -0.4 is 5.32 Å². The van der Waals surface area contributed by atoms with Crippen LogP contribution in [-0.2, 0) is 10.5 Å². The van der Waals surface area contributed by atoms with Gasteiger partial charge in [0.25, 0.3) is 5.89 Å². The van der Waals surface area contributed by atoms with Crippen molar-refractivity contribution >= 4 is 17.7 Å². The predicted molar refractivity (Wildman–Crippen MR) is 98.0 cm³/mol. The summed E-state index contributed by atoms with van der Waals surface area (Å²) in [7, 11) is 0.